The molecule has 0 aromatic rings. The Labute approximate surface area is 102 Å². The summed E-state index contributed by atoms with van der Waals surface area (Å²) >= 11 is 0. The summed E-state index contributed by atoms with van der Waals surface area (Å²) < 4.78 is 9.27. The fraction of sp³-hybridized carbons (Fsp3) is 0.538. The maximum atomic E-state index is 11.6. The summed E-state index contributed by atoms with van der Waals surface area (Å²) in [6.45, 7) is 7.32. The van der Waals surface area contributed by atoms with E-state index in [9.17, 15) is 9.59 Å². The lowest BCUT2D eigenvalue weighted by molar-refractivity contribution is -0.137. The van der Waals surface area contributed by atoms with Gasteiger partial charge in [0.1, 0.15) is 0 Å². The van der Waals surface area contributed by atoms with Crippen molar-refractivity contribution < 1.29 is 19.1 Å². The van der Waals surface area contributed by atoms with Gasteiger partial charge in [0.05, 0.1) is 14.2 Å². The largest absolute Gasteiger partial charge is 0.466 e. The Bertz CT molecular complexity index is 356. The Balaban J connectivity index is 5.22. The Morgan fingerprint density at radius 2 is 1.41 bits per heavy atom. The number of ether oxygens (including phenoxy) is 2. The number of rotatable bonds is 3. The van der Waals surface area contributed by atoms with Crippen LogP contribution in [0.4, 0.5) is 0 Å². The van der Waals surface area contributed by atoms with Crippen molar-refractivity contribution in [1.29, 1.82) is 0 Å². The van der Waals surface area contributed by atoms with E-state index >= 15 is 0 Å². The molecule has 4 heteroatoms. The molecule has 0 N–H and O–H groups in total. The first-order valence-electron chi connectivity index (χ1n) is 5.29. The highest BCUT2D eigenvalue weighted by molar-refractivity contribution is 5.91. The normalized spacial score (nSPS) is 13.3. The Morgan fingerprint density at radius 3 is 1.76 bits per heavy atom. The molecule has 0 aliphatic carbocycles. The van der Waals surface area contributed by atoms with E-state index in [4.69, 9.17) is 4.74 Å². The summed E-state index contributed by atoms with van der Waals surface area (Å²) in [6, 6.07) is 0. The number of esters is 2. The predicted molar refractivity (Wildman–Crippen MR) is 65.3 cm³/mol. The van der Waals surface area contributed by atoms with E-state index in [1.165, 1.54) is 14.2 Å². The molecule has 0 saturated heterocycles. The highest BCUT2D eigenvalue weighted by Gasteiger charge is 2.23. The van der Waals surface area contributed by atoms with Gasteiger partial charge in [0.25, 0.3) is 0 Å². The Morgan fingerprint density at radius 1 is 0.941 bits per heavy atom. The van der Waals surface area contributed by atoms with Crippen molar-refractivity contribution in [3.63, 3.8) is 0 Å². The summed E-state index contributed by atoms with van der Waals surface area (Å²) in [5.74, 6) is -0.814. The molecule has 0 spiro atoms. The van der Waals surface area contributed by atoms with Crippen LogP contribution in [0.5, 0.6) is 0 Å². The molecule has 0 aliphatic rings. The van der Waals surface area contributed by atoms with Crippen LogP contribution in [0.15, 0.2) is 23.3 Å². The van der Waals surface area contributed by atoms with Crippen LogP contribution in [0.25, 0.3) is 0 Å². The standard InChI is InChI=1S/C13H20O4/c1-9(11(14)16-5)7-8-10(12(15)17-6)13(2,3)4/h7-8H,1-6H3/b9-7-,10-8+. The third-order valence-corrected chi connectivity index (χ3v) is 2.22. The van der Waals surface area contributed by atoms with Crippen molar-refractivity contribution in [2.75, 3.05) is 14.2 Å². The van der Waals surface area contributed by atoms with Crippen molar-refractivity contribution in [2.45, 2.75) is 27.7 Å². The van der Waals surface area contributed by atoms with Gasteiger partial charge in [-0.2, -0.15) is 0 Å². The molecule has 0 atom stereocenters. The summed E-state index contributed by atoms with van der Waals surface area (Å²) in [5, 5.41) is 0. The van der Waals surface area contributed by atoms with Gasteiger partial charge < -0.3 is 9.47 Å². The van der Waals surface area contributed by atoms with E-state index < -0.39 is 11.9 Å². The molecule has 0 aliphatic heterocycles. The summed E-state index contributed by atoms with van der Waals surface area (Å²) in [4.78, 5) is 22.8. The second-order valence-electron chi connectivity index (χ2n) is 4.66. The minimum absolute atomic E-state index is 0.347. The van der Waals surface area contributed by atoms with Gasteiger partial charge in [0, 0.05) is 11.1 Å². The number of carbonyl (C=O) groups excluding carboxylic acids is 2. The van der Waals surface area contributed by atoms with Crippen molar-refractivity contribution in [1.82, 2.24) is 0 Å². The SMILES string of the molecule is COC(=O)/C(C)=C\C=C(/C(=O)OC)C(C)(C)C. The average molecular weight is 240 g/mol. The molecule has 0 radical (unpaired) electrons. The zero-order valence-corrected chi connectivity index (χ0v) is 11.3. The minimum atomic E-state index is -0.417. The highest BCUT2D eigenvalue weighted by atomic mass is 16.5. The minimum Gasteiger partial charge on any atom is -0.466 e. The number of hydrogen-bond donors (Lipinski definition) is 0. The van der Waals surface area contributed by atoms with Crippen LogP contribution in [0.2, 0.25) is 0 Å². The van der Waals surface area contributed by atoms with Crippen molar-refractivity contribution in [3.05, 3.63) is 23.3 Å². The van der Waals surface area contributed by atoms with Gasteiger partial charge in [-0.25, -0.2) is 9.59 Å². The van der Waals surface area contributed by atoms with Crippen LogP contribution in [0.1, 0.15) is 27.7 Å². The van der Waals surface area contributed by atoms with Gasteiger partial charge in [0.15, 0.2) is 0 Å². The Hall–Kier alpha value is -1.58. The van der Waals surface area contributed by atoms with E-state index in [1.807, 2.05) is 20.8 Å². The predicted octanol–water partition coefficient (Wildman–Crippen LogP) is 2.25. The van der Waals surface area contributed by atoms with Gasteiger partial charge in [0.2, 0.25) is 0 Å². The van der Waals surface area contributed by atoms with Gasteiger partial charge in [-0.05, 0) is 12.3 Å². The van der Waals surface area contributed by atoms with E-state index in [1.54, 1.807) is 19.1 Å². The van der Waals surface area contributed by atoms with E-state index in [0.717, 1.165) is 0 Å². The van der Waals surface area contributed by atoms with Crippen molar-refractivity contribution >= 4 is 11.9 Å². The molecule has 0 heterocycles. The number of methoxy groups -OCH3 is 2. The number of allylic oxidation sites excluding steroid dienone is 2. The highest BCUT2D eigenvalue weighted by Crippen LogP contribution is 2.26. The lowest BCUT2D eigenvalue weighted by Crippen LogP contribution is -2.19. The summed E-state index contributed by atoms with van der Waals surface area (Å²) in [6.07, 6.45) is 3.15. The average Bonchev–Trinajstić information content (AvgIpc) is 2.25. The van der Waals surface area contributed by atoms with Gasteiger partial charge in [-0.15, -0.1) is 0 Å². The Kier molecular flexibility index (Phi) is 5.65. The van der Waals surface area contributed by atoms with Crippen LogP contribution in [0.3, 0.4) is 0 Å². The molecule has 0 rings (SSSR count). The van der Waals surface area contributed by atoms with E-state index in [-0.39, 0.29) is 5.41 Å². The number of hydrogen-bond acceptors (Lipinski definition) is 4. The number of carbonyl (C=O) groups is 2. The third kappa shape index (κ3) is 4.85. The maximum Gasteiger partial charge on any atom is 0.334 e. The molecular weight excluding hydrogens is 220 g/mol. The lowest BCUT2D eigenvalue weighted by Gasteiger charge is -2.20. The molecule has 4 nitrogen and oxygen atoms in total. The second-order valence-corrected chi connectivity index (χ2v) is 4.66. The zero-order valence-electron chi connectivity index (χ0n) is 11.3. The molecule has 0 saturated carbocycles. The zero-order chi connectivity index (χ0) is 13.6. The lowest BCUT2D eigenvalue weighted by atomic mass is 9.86. The van der Waals surface area contributed by atoms with Crippen LogP contribution in [0, 0.1) is 5.41 Å². The topological polar surface area (TPSA) is 52.6 Å². The monoisotopic (exact) mass is 240 g/mol. The molecule has 0 fully saturated rings. The fourth-order valence-electron chi connectivity index (χ4n) is 1.17. The van der Waals surface area contributed by atoms with Crippen molar-refractivity contribution in [2.24, 2.45) is 5.41 Å². The van der Waals surface area contributed by atoms with Crippen LogP contribution >= 0.6 is 0 Å². The molecule has 17 heavy (non-hydrogen) atoms. The van der Waals surface area contributed by atoms with Crippen molar-refractivity contribution in [3.8, 4) is 0 Å². The molecule has 0 aromatic carbocycles. The first-order valence-corrected chi connectivity index (χ1v) is 5.29. The molecule has 0 unspecified atom stereocenters. The molecule has 96 valence electrons. The quantitative estimate of drug-likeness (QED) is 0.431. The van der Waals surface area contributed by atoms with E-state index in [2.05, 4.69) is 4.74 Å². The van der Waals surface area contributed by atoms with Crippen LogP contribution in [-0.4, -0.2) is 26.2 Å². The first kappa shape index (κ1) is 15.4. The van der Waals surface area contributed by atoms with Gasteiger partial charge >= 0.3 is 11.9 Å². The third-order valence-electron chi connectivity index (χ3n) is 2.22. The van der Waals surface area contributed by atoms with E-state index in [0.29, 0.717) is 11.1 Å². The first-order chi connectivity index (χ1) is 7.73. The molecule has 0 bridgehead atoms. The summed E-state index contributed by atoms with van der Waals surface area (Å²) in [7, 11) is 2.65. The maximum absolute atomic E-state index is 11.6. The smallest absolute Gasteiger partial charge is 0.334 e. The second kappa shape index (κ2) is 6.23. The molecule has 0 aromatic heterocycles. The summed E-state index contributed by atoms with van der Waals surface area (Å²) in [5.41, 5.74) is 0.585. The van der Waals surface area contributed by atoms with Crippen LogP contribution in [-0.2, 0) is 19.1 Å². The van der Waals surface area contributed by atoms with Gasteiger partial charge in [-0.1, -0.05) is 32.9 Å². The molecule has 0 amide bonds. The van der Waals surface area contributed by atoms with Gasteiger partial charge in [-0.3, -0.25) is 0 Å². The van der Waals surface area contributed by atoms with Crippen LogP contribution < -0.4 is 0 Å². The fourth-order valence-corrected chi connectivity index (χ4v) is 1.17. The molecular formula is C13H20O4.